The lowest BCUT2D eigenvalue weighted by molar-refractivity contribution is -0.134. The van der Waals surface area contributed by atoms with Crippen LogP contribution < -0.4 is 14.8 Å². The molecule has 1 aromatic carbocycles. The maximum Gasteiger partial charge on any atom is 0.325 e. The van der Waals surface area contributed by atoms with Crippen LogP contribution in [0.1, 0.15) is 45.6 Å². The van der Waals surface area contributed by atoms with Gasteiger partial charge in [-0.3, -0.25) is 9.69 Å². The Morgan fingerprint density at radius 3 is 2.66 bits per heavy atom. The van der Waals surface area contributed by atoms with E-state index in [9.17, 15) is 9.59 Å². The quantitative estimate of drug-likeness (QED) is 0.493. The highest BCUT2D eigenvalue weighted by Crippen LogP contribution is 2.37. The second kappa shape index (κ2) is 9.14. The minimum absolute atomic E-state index is 0.0809. The van der Waals surface area contributed by atoms with Crippen LogP contribution in [0.2, 0.25) is 0 Å². The SMILES string of the molecule is C=C(C)CN1C(=O)N[C@](CC)(C2CCN(C[C@H](C)Cc3ccc4c(c3)OCO4)CC2)C1=O. The predicted octanol–water partition coefficient (Wildman–Crippen LogP) is 3.58. The molecule has 1 N–H and O–H groups in total. The van der Waals surface area contributed by atoms with Crippen LogP contribution in [0.3, 0.4) is 0 Å². The molecule has 0 bridgehead atoms. The van der Waals surface area contributed by atoms with E-state index in [1.807, 2.05) is 19.9 Å². The van der Waals surface area contributed by atoms with E-state index in [-0.39, 0.29) is 17.9 Å². The van der Waals surface area contributed by atoms with Crippen molar-refractivity contribution >= 4 is 11.9 Å². The zero-order valence-corrected chi connectivity index (χ0v) is 19.5. The summed E-state index contributed by atoms with van der Waals surface area (Å²) in [4.78, 5) is 29.6. The van der Waals surface area contributed by atoms with Crippen molar-refractivity contribution in [1.82, 2.24) is 15.1 Å². The maximum atomic E-state index is 13.2. The van der Waals surface area contributed by atoms with Gasteiger partial charge >= 0.3 is 6.03 Å². The van der Waals surface area contributed by atoms with Crippen LogP contribution >= 0.6 is 0 Å². The van der Waals surface area contributed by atoms with Gasteiger partial charge in [-0.15, -0.1) is 0 Å². The molecule has 174 valence electrons. The fourth-order valence-electron chi connectivity index (χ4n) is 5.45. The molecule has 0 aromatic heterocycles. The number of carbonyl (C=O) groups excluding carboxylic acids is 2. The molecule has 2 atom stereocenters. The van der Waals surface area contributed by atoms with Gasteiger partial charge in [0.15, 0.2) is 11.5 Å². The number of nitrogens with zero attached hydrogens (tertiary/aromatic N) is 2. The van der Waals surface area contributed by atoms with Crippen molar-refractivity contribution in [3.8, 4) is 11.5 Å². The Morgan fingerprint density at radius 1 is 1.25 bits per heavy atom. The summed E-state index contributed by atoms with van der Waals surface area (Å²) < 4.78 is 10.9. The number of likely N-dealkylation sites (tertiary alicyclic amines) is 1. The van der Waals surface area contributed by atoms with Crippen LogP contribution in [-0.2, 0) is 11.2 Å². The summed E-state index contributed by atoms with van der Waals surface area (Å²) in [6.45, 7) is 13.5. The summed E-state index contributed by atoms with van der Waals surface area (Å²) >= 11 is 0. The zero-order chi connectivity index (χ0) is 22.9. The van der Waals surface area contributed by atoms with Crippen molar-refractivity contribution in [3.05, 3.63) is 35.9 Å². The number of imide groups is 1. The van der Waals surface area contributed by atoms with E-state index in [0.717, 1.165) is 56.0 Å². The Balaban J connectivity index is 1.32. The number of rotatable bonds is 8. The summed E-state index contributed by atoms with van der Waals surface area (Å²) in [7, 11) is 0. The molecule has 3 aliphatic rings. The second-order valence-corrected chi connectivity index (χ2v) is 9.68. The molecule has 2 fully saturated rings. The van der Waals surface area contributed by atoms with E-state index in [1.54, 1.807) is 0 Å². The van der Waals surface area contributed by atoms with Crippen molar-refractivity contribution in [1.29, 1.82) is 0 Å². The largest absolute Gasteiger partial charge is 0.454 e. The third kappa shape index (κ3) is 4.35. The lowest BCUT2D eigenvalue weighted by Gasteiger charge is -2.41. The first-order chi connectivity index (χ1) is 15.3. The fraction of sp³-hybridized carbons (Fsp3) is 0.600. The molecule has 3 heterocycles. The summed E-state index contributed by atoms with van der Waals surface area (Å²) in [5, 5.41) is 3.06. The number of fused-ring (bicyclic) bond motifs is 1. The van der Waals surface area contributed by atoms with E-state index in [4.69, 9.17) is 9.47 Å². The van der Waals surface area contributed by atoms with Crippen LogP contribution in [-0.4, -0.2) is 60.2 Å². The zero-order valence-electron chi connectivity index (χ0n) is 19.5. The molecule has 0 spiro atoms. The first-order valence-corrected chi connectivity index (χ1v) is 11.7. The Bertz CT molecular complexity index is 893. The van der Waals surface area contributed by atoms with E-state index in [1.165, 1.54) is 10.5 Å². The maximum absolute atomic E-state index is 13.2. The minimum Gasteiger partial charge on any atom is -0.454 e. The summed E-state index contributed by atoms with van der Waals surface area (Å²) in [6, 6.07) is 5.91. The third-order valence-corrected chi connectivity index (χ3v) is 7.06. The second-order valence-electron chi connectivity index (χ2n) is 9.68. The number of carbonyl (C=O) groups is 2. The van der Waals surface area contributed by atoms with Gasteiger partial charge in [0.1, 0.15) is 5.54 Å². The van der Waals surface area contributed by atoms with Gasteiger partial charge in [0.2, 0.25) is 6.79 Å². The van der Waals surface area contributed by atoms with Crippen molar-refractivity contribution in [3.63, 3.8) is 0 Å². The number of piperidine rings is 1. The highest BCUT2D eigenvalue weighted by Gasteiger charge is 2.54. The van der Waals surface area contributed by atoms with Gasteiger partial charge in [0.25, 0.3) is 5.91 Å². The topological polar surface area (TPSA) is 71.1 Å². The standard InChI is InChI=1S/C25H35N3O4/c1-5-25(23(29)28(14-17(2)3)24(30)26-25)20-8-10-27(11-9-20)15-18(4)12-19-6-7-21-22(13-19)32-16-31-21/h6-7,13,18,20H,2,5,8-12,14-16H2,1,3-4H3,(H,26,30)/t18-,25-/m1/s1. The number of amides is 3. The van der Waals surface area contributed by atoms with E-state index >= 15 is 0 Å². The average molecular weight is 442 g/mol. The first kappa shape index (κ1) is 22.6. The molecule has 32 heavy (non-hydrogen) atoms. The number of hydrogen-bond donors (Lipinski definition) is 1. The summed E-state index contributed by atoms with van der Waals surface area (Å²) in [5.74, 6) is 2.25. The first-order valence-electron chi connectivity index (χ1n) is 11.7. The molecule has 0 aliphatic carbocycles. The van der Waals surface area contributed by atoms with E-state index in [0.29, 0.717) is 25.7 Å². The fourth-order valence-corrected chi connectivity index (χ4v) is 5.45. The molecule has 1 aromatic rings. The van der Waals surface area contributed by atoms with E-state index < -0.39 is 5.54 Å². The highest BCUT2D eigenvalue weighted by atomic mass is 16.7. The number of nitrogens with one attached hydrogen (secondary N) is 1. The van der Waals surface area contributed by atoms with Crippen LogP contribution in [0.15, 0.2) is 30.4 Å². The Hall–Kier alpha value is -2.54. The number of benzene rings is 1. The third-order valence-electron chi connectivity index (χ3n) is 7.06. The molecule has 7 nitrogen and oxygen atoms in total. The van der Waals surface area contributed by atoms with Gasteiger partial charge in [-0.1, -0.05) is 32.1 Å². The Morgan fingerprint density at radius 2 is 1.97 bits per heavy atom. The van der Waals surface area contributed by atoms with Gasteiger partial charge < -0.3 is 19.7 Å². The van der Waals surface area contributed by atoms with Crippen LogP contribution in [0, 0.1) is 11.8 Å². The van der Waals surface area contributed by atoms with Crippen molar-refractivity contribution in [2.75, 3.05) is 33.0 Å². The van der Waals surface area contributed by atoms with Crippen LogP contribution in [0.4, 0.5) is 4.79 Å². The minimum atomic E-state index is -0.767. The molecule has 0 radical (unpaired) electrons. The van der Waals surface area contributed by atoms with Crippen molar-refractivity contribution < 1.29 is 19.1 Å². The number of ether oxygens (including phenoxy) is 2. The monoisotopic (exact) mass is 441 g/mol. The van der Waals surface area contributed by atoms with Crippen LogP contribution in [0.25, 0.3) is 0 Å². The smallest absolute Gasteiger partial charge is 0.325 e. The summed E-state index contributed by atoms with van der Waals surface area (Å²) in [5.41, 5.74) is 1.31. The van der Waals surface area contributed by atoms with Crippen molar-refractivity contribution in [2.45, 2.75) is 52.0 Å². The van der Waals surface area contributed by atoms with Gasteiger partial charge in [-0.2, -0.15) is 0 Å². The molecular weight excluding hydrogens is 406 g/mol. The molecular formula is C25H35N3O4. The normalized spacial score (nSPS) is 24.7. The number of urea groups is 1. The highest BCUT2D eigenvalue weighted by molar-refractivity contribution is 6.07. The Kier molecular flexibility index (Phi) is 6.47. The predicted molar refractivity (Wildman–Crippen MR) is 123 cm³/mol. The van der Waals surface area contributed by atoms with E-state index in [2.05, 4.69) is 35.9 Å². The molecule has 2 saturated heterocycles. The van der Waals surface area contributed by atoms with Crippen molar-refractivity contribution in [2.24, 2.45) is 11.8 Å². The average Bonchev–Trinajstić information content (AvgIpc) is 3.32. The van der Waals surface area contributed by atoms with Gasteiger partial charge in [0, 0.05) is 6.54 Å². The Labute approximate surface area is 190 Å². The van der Waals surface area contributed by atoms with Gasteiger partial charge in [-0.25, -0.2) is 4.79 Å². The van der Waals surface area contributed by atoms with Crippen LogP contribution in [0.5, 0.6) is 11.5 Å². The van der Waals surface area contributed by atoms with Gasteiger partial charge in [-0.05, 0) is 75.2 Å². The number of hydrogen-bond acceptors (Lipinski definition) is 5. The molecule has 3 amide bonds. The molecule has 4 rings (SSSR count). The molecule has 7 heteroatoms. The lowest BCUT2D eigenvalue weighted by Crippen LogP contribution is -2.56. The molecule has 0 unspecified atom stereocenters. The van der Waals surface area contributed by atoms with Gasteiger partial charge in [0.05, 0.1) is 6.54 Å². The summed E-state index contributed by atoms with van der Waals surface area (Å²) in [6.07, 6.45) is 3.43. The lowest BCUT2D eigenvalue weighted by atomic mass is 9.75. The molecule has 0 saturated carbocycles. The molecule has 3 aliphatic heterocycles.